The molecule has 0 atom stereocenters. The summed E-state index contributed by atoms with van der Waals surface area (Å²) in [5, 5.41) is 7.66. The average molecular weight is 294 g/mol. The van der Waals surface area contributed by atoms with Crippen molar-refractivity contribution in [2.45, 2.75) is 53.0 Å². The highest BCUT2D eigenvalue weighted by Crippen LogP contribution is 2.18. The van der Waals surface area contributed by atoms with Crippen LogP contribution in [0.1, 0.15) is 51.7 Å². The van der Waals surface area contributed by atoms with Gasteiger partial charge in [-0.15, -0.1) is 0 Å². The van der Waals surface area contributed by atoms with E-state index in [1.54, 1.807) is 0 Å². The minimum Gasteiger partial charge on any atom is -0.339 e. The van der Waals surface area contributed by atoms with Gasteiger partial charge < -0.3 is 9.84 Å². The van der Waals surface area contributed by atoms with Gasteiger partial charge >= 0.3 is 0 Å². The Morgan fingerprint density at radius 1 is 1.33 bits per heavy atom. The molecule has 0 unspecified atom stereocenters. The summed E-state index contributed by atoms with van der Waals surface area (Å²) in [5.41, 5.74) is 0. The molecule has 1 N–H and O–H groups in total. The van der Waals surface area contributed by atoms with Crippen molar-refractivity contribution in [2.24, 2.45) is 11.8 Å². The molecular weight excluding hydrogens is 264 g/mol. The molecule has 21 heavy (non-hydrogen) atoms. The topological polar surface area (TPSA) is 54.2 Å². The lowest BCUT2D eigenvalue weighted by Gasteiger charge is -2.31. The fourth-order valence-electron chi connectivity index (χ4n) is 2.79. The van der Waals surface area contributed by atoms with Crippen molar-refractivity contribution in [2.75, 3.05) is 26.2 Å². The zero-order valence-electron chi connectivity index (χ0n) is 13.8. The van der Waals surface area contributed by atoms with E-state index in [1.165, 1.54) is 12.8 Å². The molecule has 5 nitrogen and oxygen atoms in total. The Morgan fingerprint density at radius 2 is 2.10 bits per heavy atom. The minimum absolute atomic E-state index is 0.737. The van der Waals surface area contributed by atoms with Crippen LogP contribution >= 0.6 is 0 Å². The van der Waals surface area contributed by atoms with Gasteiger partial charge in [-0.2, -0.15) is 4.98 Å². The van der Waals surface area contributed by atoms with Gasteiger partial charge in [0.1, 0.15) is 0 Å². The molecule has 1 aliphatic heterocycles. The van der Waals surface area contributed by atoms with Crippen LogP contribution in [-0.4, -0.2) is 41.2 Å². The lowest BCUT2D eigenvalue weighted by atomic mass is 9.96. The second kappa shape index (κ2) is 8.49. The summed E-state index contributed by atoms with van der Waals surface area (Å²) < 4.78 is 5.25. The van der Waals surface area contributed by atoms with Crippen LogP contribution in [-0.2, 0) is 13.0 Å². The molecule has 1 aromatic rings. The predicted molar refractivity (Wildman–Crippen MR) is 84.0 cm³/mol. The number of likely N-dealkylation sites (tertiary alicyclic amines) is 1. The Kier molecular flexibility index (Phi) is 6.64. The fraction of sp³-hybridized carbons (Fsp3) is 0.875. The fourth-order valence-corrected chi connectivity index (χ4v) is 2.79. The molecule has 1 aliphatic rings. The second-order valence-electron chi connectivity index (χ2n) is 6.63. The van der Waals surface area contributed by atoms with Gasteiger partial charge in [0.15, 0.2) is 5.82 Å². The van der Waals surface area contributed by atoms with Gasteiger partial charge in [0.25, 0.3) is 0 Å². The third-order valence-electron chi connectivity index (χ3n) is 4.03. The quantitative estimate of drug-likeness (QED) is 0.798. The number of nitrogens with one attached hydrogen (secondary N) is 1. The molecule has 1 aromatic heterocycles. The highest BCUT2D eigenvalue weighted by atomic mass is 16.5. The van der Waals surface area contributed by atoms with E-state index in [0.717, 1.165) is 69.1 Å². The zero-order chi connectivity index (χ0) is 15.1. The lowest BCUT2D eigenvalue weighted by molar-refractivity contribution is 0.170. The van der Waals surface area contributed by atoms with Crippen molar-refractivity contribution in [3.05, 3.63) is 11.7 Å². The highest BCUT2D eigenvalue weighted by molar-refractivity contribution is 4.87. The van der Waals surface area contributed by atoms with Gasteiger partial charge in [-0.1, -0.05) is 25.9 Å². The predicted octanol–water partition coefficient (Wildman–Crippen LogP) is 2.48. The zero-order valence-corrected chi connectivity index (χ0v) is 13.8. The van der Waals surface area contributed by atoms with E-state index in [9.17, 15) is 0 Å². The maximum atomic E-state index is 5.25. The van der Waals surface area contributed by atoms with E-state index in [4.69, 9.17) is 4.52 Å². The van der Waals surface area contributed by atoms with Crippen molar-refractivity contribution in [1.82, 2.24) is 20.4 Å². The van der Waals surface area contributed by atoms with Crippen LogP contribution in [0.3, 0.4) is 0 Å². The van der Waals surface area contributed by atoms with E-state index < -0.39 is 0 Å². The summed E-state index contributed by atoms with van der Waals surface area (Å²) in [6.07, 6.45) is 4.47. The first-order valence-electron chi connectivity index (χ1n) is 8.42. The molecule has 0 radical (unpaired) electrons. The number of hydrogen-bond acceptors (Lipinski definition) is 5. The van der Waals surface area contributed by atoms with Gasteiger partial charge in [-0.3, -0.25) is 4.90 Å². The molecule has 5 heteroatoms. The summed E-state index contributed by atoms with van der Waals surface area (Å²) in [6.45, 7) is 12.1. The number of aryl methyl sites for hydroxylation is 1. The molecule has 0 aromatic carbocycles. The van der Waals surface area contributed by atoms with E-state index in [1.807, 2.05) is 0 Å². The molecule has 1 fully saturated rings. The van der Waals surface area contributed by atoms with Gasteiger partial charge in [-0.05, 0) is 57.3 Å². The highest BCUT2D eigenvalue weighted by Gasteiger charge is 2.20. The smallest absolute Gasteiger partial charge is 0.226 e. The van der Waals surface area contributed by atoms with Gasteiger partial charge in [0.2, 0.25) is 5.89 Å². The van der Waals surface area contributed by atoms with Crippen LogP contribution in [0.25, 0.3) is 0 Å². The van der Waals surface area contributed by atoms with E-state index in [2.05, 4.69) is 41.1 Å². The largest absolute Gasteiger partial charge is 0.339 e. The maximum Gasteiger partial charge on any atom is 0.226 e. The van der Waals surface area contributed by atoms with Crippen molar-refractivity contribution < 1.29 is 4.52 Å². The molecule has 0 spiro atoms. The van der Waals surface area contributed by atoms with Crippen LogP contribution in [0, 0.1) is 11.8 Å². The van der Waals surface area contributed by atoms with Gasteiger partial charge in [0.05, 0.1) is 6.54 Å². The number of hydrogen-bond donors (Lipinski definition) is 1. The summed E-state index contributed by atoms with van der Waals surface area (Å²) in [7, 11) is 0. The molecule has 2 heterocycles. The third kappa shape index (κ3) is 5.75. The first-order chi connectivity index (χ1) is 10.2. The molecule has 0 bridgehead atoms. The second-order valence-corrected chi connectivity index (χ2v) is 6.63. The first-order valence-corrected chi connectivity index (χ1v) is 8.42. The average Bonchev–Trinajstić information content (AvgIpc) is 2.88. The van der Waals surface area contributed by atoms with Crippen LogP contribution in [0.5, 0.6) is 0 Å². The van der Waals surface area contributed by atoms with E-state index >= 15 is 0 Å². The van der Waals surface area contributed by atoms with Crippen molar-refractivity contribution in [1.29, 1.82) is 0 Å². The first kappa shape index (κ1) is 16.4. The number of nitrogens with zero attached hydrogens (tertiary/aromatic N) is 3. The summed E-state index contributed by atoms with van der Waals surface area (Å²) in [6, 6.07) is 0. The molecular formula is C16H30N4O. The minimum atomic E-state index is 0.737. The molecule has 0 amide bonds. The normalized spacial score (nSPS) is 17.7. The van der Waals surface area contributed by atoms with Crippen molar-refractivity contribution >= 4 is 0 Å². The van der Waals surface area contributed by atoms with Crippen LogP contribution in [0.15, 0.2) is 4.52 Å². The maximum absolute atomic E-state index is 5.25. The third-order valence-corrected chi connectivity index (χ3v) is 4.03. The van der Waals surface area contributed by atoms with Gasteiger partial charge in [-0.25, -0.2) is 0 Å². The Balaban J connectivity index is 1.66. The number of rotatable bonds is 8. The molecule has 2 rings (SSSR count). The lowest BCUT2D eigenvalue weighted by Crippen LogP contribution is -2.37. The Hall–Kier alpha value is -0.940. The van der Waals surface area contributed by atoms with Crippen LogP contribution in [0.2, 0.25) is 0 Å². The van der Waals surface area contributed by atoms with Gasteiger partial charge in [0, 0.05) is 6.42 Å². The molecule has 1 saturated heterocycles. The van der Waals surface area contributed by atoms with Crippen molar-refractivity contribution in [3.63, 3.8) is 0 Å². The van der Waals surface area contributed by atoms with E-state index in [-0.39, 0.29) is 0 Å². The number of piperidine rings is 1. The Morgan fingerprint density at radius 3 is 2.76 bits per heavy atom. The molecule has 120 valence electrons. The summed E-state index contributed by atoms with van der Waals surface area (Å²) >= 11 is 0. The monoisotopic (exact) mass is 294 g/mol. The summed E-state index contributed by atoms with van der Waals surface area (Å²) in [5.74, 6) is 3.18. The standard InChI is InChI=1S/C16H30N4O/c1-4-5-16-18-15(19-21-16)12-20-8-6-14(7-9-20)11-17-10-13(2)3/h13-14,17H,4-12H2,1-3H3. The van der Waals surface area contributed by atoms with Crippen molar-refractivity contribution in [3.8, 4) is 0 Å². The van der Waals surface area contributed by atoms with E-state index in [0.29, 0.717) is 0 Å². The number of aromatic nitrogens is 2. The SMILES string of the molecule is CCCc1nc(CN2CCC(CNCC(C)C)CC2)no1. The van der Waals surface area contributed by atoms with Crippen LogP contribution in [0.4, 0.5) is 0 Å². The Bertz CT molecular complexity index is 397. The Labute approximate surface area is 128 Å². The van der Waals surface area contributed by atoms with Crippen LogP contribution < -0.4 is 5.32 Å². The molecule has 0 aliphatic carbocycles. The molecule has 0 saturated carbocycles. The summed E-state index contributed by atoms with van der Waals surface area (Å²) in [4.78, 5) is 6.89.